The number of hydrogen-bond donors (Lipinski definition) is 0. The maximum absolute atomic E-state index is 15.6. The summed E-state index contributed by atoms with van der Waals surface area (Å²) in [5.41, 5.74) is 9.74. The van der Waals surface area contributed by atoms with Crippen molar-refractivity contribution >= 4 is 76.4 Å². The summed E-state index contributed by atoms with van der Waals surface area (Å²) in [7, 11) is -24.3. The highest BCUT2D eigenvalue weighted by molar-refractivity contribution is 7.93. The quantitative estimate of drug-likeness (QED) is 0.0682. The van der Waals surface area contributed by atoms with Gasteiger partial charge in [0.2, 0.25) is 0 Å². The highest BCUT2D eigenvalue weighted by Gasteiger charge is 2.61. The number of Topliss-reactive ketones (excluding diaryl/α,β-unsaturated/α-hetero) is 3. The molecule has 15 nitrogen and oxygen atoms in total. The lowest BCUT2D eigenvalue weighted by Gasteiger charge is -2.48. The molecule has 6 fully saturated rings. The number of rotatable bonds is 19. The van der Waals surface area contributed by atoms with E-state index in [0.717, 1.165) is 62.1 Å². The molecule has 136 heavy (non-hydrogen) atoms. The van der Waals surface area contributed by atoms with E-state index in [-0.39, 0.29) is 127 Å². The Bertz CT molecular complexity index is 7210. The minimum atomic E-state index is -4.17. The highest BCUT2D eigenvalue weighted by Crippen LogP contribution is 2.59. The predicted molar refractivity (Wildman–Crippen MR) is 519 cm³/mol. The molecule has 0 aromatic heterocycles. The average molecular weight is 1950 g/mol. The van der Waals surface area contributed by atoms with E-state index in [0.29, 0.717) is 0 Å². The lowest BCUT2D eigenvalue weighted by molar-refractivity contribution is -0.129. The van der Waals surface area contributed by atoms with Gasteiger partial charge in [-0.3, -0.25) is 14.4 Å². The fourth-order valence-electron chi connectivity index (χ4n) is 22.7. The molecule has 0 aliphatic heterocycles. The van der Waals surface area contributed by atoms with E-state index in [2.05, 4.69) is 0 Å². The van der Waals surface area contributed by atoms with Crippen molar-refractivity contribution in [3.63, 3.8) is 0 Å². The molecule has 0 N–H and O–H groups in total. The summed E-state index contributed by atoms with van der Waals surface area (Å²) in [6.45, 7) is 15.2. The zero-order chi connectivity index (χ0) is 97.0. The highest BCUT2D eigenvalue weighted by atomic mass is 32.2. The van der Waals surface area contributed by atoms with Crippen LogP contribution in [0.3, 0.4) is 0 Å². The van der Waals surface area contributed by atoms with Gasteiger partial charge in [-0.25, -0.2) is 68.1 Å². The second kappa shape index (κ2) is 39.5. The van der Waals surface area contributed by atoms with Crippen LogP contribution in [0.2, 0.25) is 0 Å². The van der Waals surface area contributed by atoms with Gasteiger partial charge in [-0.05, 0) is 247 Å². The molecule has 6 aliphatic carbocycles. The lowest BCUT2D eigenvalue weighted by Crippen LogP contribution is -2.53. The van der Waals surface area contributed by atoms with Crippen molar-refractivity contribution in [2.45, 2.75) is 216 Å². The maximum Gasteiger partial charge on any atom is 0.182 e. The largest absolute Gasteiger partial charge is 0.299 e. The fraction of sp³-hybridized carbons (Fsp3) is 0.324. The van der Waals surface area contributed by atoms with Crippen molar-refractivity contribution < 1.29 is 82.5 Å². The van der Waals surface area contributed by atoms with Crippen molar-refractivity contribution in [2.75, 3.05) is 0 Å². The standard InChI is InChI=1S/C38H39FO5S2.C37H37FO5S2.C36H34F2O5S2/c1-4-26-13-15-27(16-14-26)31-22-36(40)32-23-37(45(41,42)28-17-9-24(2)10-18-28)33(30-7-5-6-8-35(30)39)21-34(32)38(31)46(43,44)29-19-11-25(3)12-20-29;1-23-8-14-26(15-9-23)30-21-35(39)31-22-36(44(40,41)27-16-10-24(2)11-17-27)32(29-6-4-5-7-34(29)38)20-33(31)37(30)45(42,43)28-18-12-25(3)13-19-28;1-22-11-15-24(16-12-22)44(40,41)35-21-28-30(19-29(35)26-7-3-5-9-32(26)37)36(45(42,43)25-17-13-23(2)14-18-25)31(20-34(28)39)27-8-4-6-10-33(27)38/h5-20,31-34,37-38H,4,21-23H2,1-3H3;4-19,30-33,36-37H,20-22H2,1-3H3;3-18,28-31,35-36H,19-21H2,1-2H3/t31-,32+,33-,34-,37?,38?;30-,31+,32-,33-,36?,37?;28-,29+,30+,31+,35?,36?/m001/s1. The number of carbonyl (C=O) groups excluding carboxylic acids is 3. The van der Waals surface area contributed by atoms with Crippen LogP contribution in [0.5, 0.6) is 0 Å². The molecule has 0 amide bonds. The van der Waals surface area contributed by atoms with Gasteiger partial charge in [-0.1, -0.05) is 240 Å². The van der Waals surface area contributed by atoms with Gasteiger partial charge in [0.1, 0.15) is 40.6 Å². The number of halogens is 4. The average Bonchev–Trinajstić information content (AvgIpc) is 0.722. The third kappa shape index (κ3) is 19.4. The second-order valence-corrected chi connectivity index (χ2v) is 50.9. The Labute approximate surface area is 796 Å². The molecule has 25 heteroatoms. The Morgan fingerprint density at radius 2 is 0.426 bits per heavy atom. The van der Waals surface area contributed by atoms with Crippen molar-refractivity contribution in [1.82, 2.24) is 0 Å². The first-order valence-electron chi connectivity index (χ1n) is 46.2. The molecule has 0 bridgehead atoms. The van der Waals surface area contributed by atoms with Crippen LogP contribution in [-0.4, -0.2) is 99.4 Å². The molecular formula is C111H110F4O15S6. The van der Waals surface area contributed by atoms with Crippen LogP contribution in [0.25, 0.3) is 0 Å². The van der Waals surface area contributed by atoms with E-state index in [9.17, 15) is 64.9 Å². The van der Waals surface area contributed by atoms with E-state index in [1.807, 2.05) is 104 Å². The zero-order valence-corrected chi connectivity index (χ0v) is 81.7. The van der Waals surface area contributed by atoms with Crippen molar-refractivity contribution in [1.29, 1.82) is 0 Å². The number of fused-ring (bicyclic) bond motifs is 3. The first kappa shape index (κ1) is 98.1. The topological polar surface area (TPSA) is 256 Å². The minimum absolute atomic E-state index is 0.00986. The third-order valence-electron chi connectivity index (χ3n) is 29.8. The van der Waals surface area contributed by atoms with E-state index >= 15 is 17.6 Å². The van der Waals surface area contributed by atoms with Crippen molar-refractivity contribution in [3.8, 4) is 0 Å². The number of hydrogen-bond acceptors (Lipinski definition) is 15. The normalized spacial score (nSPS) is 25.4. The fourth-order valence-corrected chi connectivity index (χ4v) is 35.5. The molecule has 708 valence electrons. The van der Waals surface area contributed by atoms with Gasteiger partial charge in [0, 0.05) is 72.5 Å². The summed E-state index contributed by atoms with van der Waals surface area (Å²) in [6, 6.07) is 78.7. The monoisotopic (exact) mass is 1950 g/mol. The molecule has 6 aliphatic rings. The van der Waals surface area contributed by atoms with Crippen LogP contribution in [0.4, 0.5) is 17.6 Å². The molecular weight excluding hydrogens is 1840 g/mol. The Morgan fingerprint density at radius 3 is 0.662 bits per heavy atom. The predicted octanol–water partition coefficient (Wildman–Crippen LogP) is 22.0. The maximum atomic E-state index is 15.6. The van der Waals surface area contributed by atoms with Gasteiger partial charge in [0.15, 0.2) is 59.0 Å². The third-order valence-corrected chi connectivity index (χ3v) is 43.5. The van der Waals surface area contributed by atoms with E-state index in [1.165, 1.54) is 72.8 Å². The molecule has 18 rings (SSSR count). The summed E-state index contributed by atoms with van der Waals surface area (Å²) in [5.74, 6) is -12.6. The first-order chi connectivity index (χ1) is 64.7. The summed E-state index contributed by atoms with van der Waals surface area (Å²) in [5, 5.41) is -6.60. The van der Waals surface area contributed by atoms with Crippen LogP contribution >= 0.6 is 0 Å². The second-order valence-electron chi connectivity index (χ2n) is 38.1. The molecule has 6 unspecified atom stereocenters. The van der Waals surface area contributed by atoms with Gasteiger partial charge in [-0.15, -0.1) is 0 Å². The van der Waals surface area contributed by atoms with Crippen LogP contribution in [0.1, 0.15) is 178 Å². The summed E-state index contributed by atoms with van der Waals surface area (Å²) in [6.07, 6.45) is 0.263. The number of sulfone groups is 6. The minimum Gasteiger partial charge on any atom is -0.299 e. The summed E-state index contributed by atoms with van der Waals surface area (Å²) < 4.78 is 235. The first-order valence-corrected chi connectivity index (χ1v) is 55.5. The van der Waals surface area contributed by atoms with Gasteiger partial charge in [-0.2, -0.15) is 0 Å². The SMILES string of the molecule is CCc1ccc([C@@H]2CC(=O)[C@@H]3CC(S(=O)(=O)c4ccc(C)cc4)[C@H](c4ccccc4F)C[C@@H]3C2S(=O)(=O)c2ccc(C)cc2)cc1.Cc1ccc(S(=O)(=O)C2C[C@H]3C(=O)C[C@@H](c4ccccc4F)C(S(=O)(=O)c4ccc(C)cc4)[C@H]3C[C@H]2c2ccccc2F)cc1.Cc1ccc([C@@H]2CC(=O)[C@@H]3CC(S(=O)(=O)c4ccc(C)cc4)[C@H](c4ccccc4F)C[C@@H]3C2S(=O)(=O)c2ccc(C)cc2)cc1. The number of ketones is 3. The number of carbonyl (C=O) groups is 3. The summed E-state index contributed by atoms with van der Waals surface area (Å²) in [4.78, 5) is 42.8. The number of benzene rings is 12. The van der Waals surface area contributed by atoms with Crippen molar-refractivity contribution in [3.05, 3.63) is 392 Å². The molecule has 12 aromatic carbocycles. The molecule has 12 aromatic rings. The molecule has 0 heterocycles. The molecule has 0 saturated heterocycles. The summed E-state index contributed by atoms with van der Waals surface area (Å²) >= 11 is 0. The van der Waals surface area contributed by atoms with Gasteiger partial charge in [0.25, 0.3) is 0 Å². The van der Waals surface area contributed by atoms with Crippen LogP contribution in [-0.2, 0) is 79.8 Å². The zero-order valence-electron chi connectivity index (χ0n) is 76.8. The lowest BCUT2D eigenvalue weighted by atomic mass is 9.61. The van der Waals surface area contributed by atoms with Gasteiger partial charge >= 0.3 is 0 Å². The Balaban J connectivity index is 0.000000148. The molecule has 0 spiro atoms. The molecule has 6 saturated carbocycles. The Hall–Kier alpha value is -10.9. The van der Waals surface area contributed by atoms with Crippen LogP contribution in [0.15, 0.2) is 321 Å². The Kier molecular flexibility index (Phi) is 28.5. The van der Waals surface area contributed by atoms with Crippen LogP contribution in [0, 0.1) is 107 Å². The van der Waals surface area contributed by atoms with Gasteiger partial charge in [0.05, 0.1) is 60.9 Å². The molecule has 18 atom stereocenters. The van der Waals surface area contributed by atoms with Crippen LogP contribution < -0.4 is 0 Å². The smallest absolute Gasteiger partial charge is 0.182 e. The van der Waals surface area contributed by atoms with Crippen molar-refractivity contribution in [2.24, 2.45) is 35.5 Å². The van der Waals surface area contributed by atoms with E-state index in [1.54, 1.807) is 170 Å². The van der Waals surface area contributed by atoms with Gasteiger partial charge < -0.3 is 0 Å². The number of aryl methyl sites for hydroxylation is 8. The van der Waals surface area contributed by atoms with E-state index in [4.69, 9.17) is 0 Å². The Morgan fingerprint density at radius 1 is 0.228 bits per heavy atom. The molecule has 0 radical (unpaired) electrons. The van der Waals surface area contributed by atoms with E-state index < -0.39 is 185 Å².